The number of benzene rings is 1. The largest absolute Gasteiger partial charge is 0.394 e. The molecular formula is C38H65N5O8S. The summed E-state index contributed by atoms with van der Waals surface area (Å²) in [5.41, 5.74) is 7.06. The summed E-state index contributed by atoms with van der Waals surface area (Å²) >= 11 is 0. The molecule has 0 aromatic heterocycles. The molecule has 1 aliphatic rings. The Bertz CT molecular complexity index is 1300. The van der Waals surface area contributed by atoms with Crippen molar-refractivity contribution in [3.05, 3.63) is 35.9 Å². The van der Waals surface area contributed by atoms with Crippen LogP contribution in [0.4, 0.5) is 0 Å². The van der Waals surface area contributed by atoms with E-state index >= 15 is 0 Å². The Hall–Kier alpha value is -2.91. The minimum atomic E-state index is -1.10. The monoisotopic (exact) mass is 751 g/mol. The second-order valence-electron chi connectivity index (χ2n) is 14.6. The number of rotatable bonds is 22. The Morgan fingerprint density at radius 3 is 2.25 bits per heavy atom. The Balaban J connectivity index is 2.22. The van der Waals surface area contributed by atoms with Crippen LogP contribution in [0.2, 0.25) is 0 Å². The van der Waals surface area contributed by atoms with Crippen LogP contribution in [0.25, 0.3) is 0 Å². The summed E-state index contributed by atoms with van der Waals surface area (Å²) in [5.74, 6) is -1.87. The van der Waals surface area contributed by atoms with Crippen LogP contribution in [0, 0.1) is 17.8 Å². The summed E-state index contributed by atoms with van der Waals surface area (Å²) in [5, 5.41) is 15.8. The molecule has 52 heavy (non-hydrogen) atoms. The lowest BCUT2D eigenvalue weighted by Crippen LogP contribution is -2.59. The zero-order chi connectivity index (χ0) is 39.1. The first-order valence-corrected chi connectivity index (χ1v) is 20.3. The van der Waals surface area contributed by atoms with Crippen LogP contribution >= 0.6 is 0 Å². The highest BCUT2D eigenvalue weighted by atomic mass is 32.2. The minimum absolute atomic E-state index is 0.00195. The van der Waals surface area contributed by atoms with E-state index in [0.29, 0.717) is 25.8 Å². The summed E-state index contributed by atoms with van der Waals surface area (Å²) < 4.78 is 23.4. The zero-order valence-corrected chi connectivity index (χ0v) is 33.5. The van der Waals surface area contributed by atoms with Crippen LogP contribution in [0.1, 0.15) is 72.3 Å². The van der Waals surface area contributed by atoms with Crippen molar-refractivity contribution in [1.29, 1.82) is 0 Å². The number of nitrogens with zero attached hydrogens (tertiary/aromatic N) is 2. The molecule has 4 amide bonds. The van der Waals surface area contributed by atoms with Crippen molar-refractivity contribution in [1.82, 2.24) is 20.4 Å². The first-order valence-electron chi connectivity index (χ1n) is 18.5. The number of likely N-dealkylation sites (tertiary alicyclic amines) is 1. The first-order chi connectivity index (χ1) is 24.6. The number of nitrogens with two attached hydrogens (primary N) is 1. The van der Waals surface area contributed by atoms with Gasteiger partial charge in [-0.1, -0.05) is 71.4 Å². The van der Waals surface area contributed by atoms with Crippen molar-refractivity contribution in [2.24, 2.45) is 23.5 Å². The van der Waals surface area contributed by atoms with Crippen molar-refractivity contribution in [2.75, 3.05) is 46.4 Å². The topological polar surface area (TPSA) is 181 Å². The van der Waals surface area contributed by atoms with Crippen molar-refractivity contribution in [3.63, 3.8) is 0 Å². The molecule has 1 aliphatic heterocycles. The lowest BCUT2D eigenvalue weighted by atomic mass is 9.89. The molecule has 0 spiro atoms. The van der Waals surface area contributed by atoms with E-state index in [2.05, 4.69) is 10.6 Å². The number of likely N-dealkylation sites (N-methyl/N-ethyl adjacent to an activating group) is 1. The van der Waals surface area contributed by atoms with Gasteiger partial charge in [0.1, 0.15) is 6.04 Å². The fraction of sp³-hybridized carbons (Fsp3) is 0.737. The molecule has 0 radical (unpaired) electrons. The average Bonchev–Trinajstić information content (AvgIpc) is 3.61. The molecule has 14 heteroatoms. The fourth-order valence-electron chi connectivity index (χ4n) is 7.12. The van der Waals surface area contributed by atoms with Crippen molar-refractivity contribution >= 4 is 34.4 Å². The van der Waals surface area contributed by atoms with Crippen LogP contribution in [0.15, 0.2) is 30.3 Å². The predicted octanol–water partition coefficient (Wildman–Crippen LogP) is 1.86. The molecule has 1 heterocycles. The van der Waals surface area contributed by atoms with E-state index in [0.717, 1.165) is 12.0 Å². The number of hydrogen-bond donors (Lipinski definition) is 4. The van der Waals surface area contributed by atoms with Crippen molar-refractivity contribution in [3.8, 4) is 0 Å². The number of carbonyl (C=O) groups is 4. The molecule has 1 saturated heterocycles. The standard InChI is InChI=1S/C38H65N5O8S/c1-10-25(4)34(42(6)38(48)33(24(2)3)41-37(47)29(39)18-20-52(9)49)31(50-7)22-32(45)43-19-14-17-30(43)35(51-8)26(5)36(46)40-28(23-44)21-27-15-12-11-13-16-27/h11-13,15-16,24-26,28-31,33-35,44H,10,14,17-23,39H2,1-9H3,(H,40,46)(H,41,47)/t25-,26+,28-,29-,30-,31+,33-,34-,35+,52?/m0/s1. The molecule has 0 bridgehead atoms. The van der Waals surface area contributed by atoms with E-state index in [-0.39, 0.29) is 60.8 Å². The summed E-state index contributed by atoms with van der Waals surface area (Å²) in [6, 6.07) is 6.55. The summed E-state index contributed by atoms with van der Waals surface area (Å²) in [7, 11) is 3.65. The first kappa shape index (κ1) is 45.2. The molecule has 13 nitrogen and oxygen atoms in total. The van der Waals surface area contributed by atoms with E-state index in [9.17, 15) is 28.5 Å². The molecule has 1 aromatic carbocycles. The van der Waals surface area contributed by atoms with Gasteiger partial charge >= 0.3 is 0 Å². The van der Waals surface area contributed by atoms with Crippen LogP contribution < -0.4 is 16.4 Å². The second-order valence-corrected chi connectivity index (χ2v) is 16.1. The van der Waals surface area contributed by atoms with Gasteiger partial charge in [0.15, 0.2) is 0 Å². The third-order valence-electron chi connectivity index (χ3n) is 10.4. The van der Waals surface area contributed by atoms with Crippen LogP contribution in [0.3, 0.4) is 0 Å². The van der Waals surface area contributed by atoms with Gasteiger partial charge in [0.05, 0.1) is 55.3 Å². The Kier molecular flexibility index (Phi) is 19.4. The van der Waals surface area contributed by atoms with Gasteiger partial charge in [0, 0.05) is 50.6 Å². The van der Waals surface area contributed by atoms with Crippen LogP contribution in [0.5, 0.6) is 0 Å². The van der Waals surface area contributed by atoms with E-state index in [1.807, 2.05) is 58.0 Å². The number of carbonyl (C=O) groups excluding carboxylic acids is 4. The number of aliphatic hydroxyl groups excluding tert-OH is 1. The highest BCUT2D eigenvalue weighted by Crippen LogP contribution is 2.29. The van der Waals surface area contributed by atoms with Gasteiger partial charge in [0.2, 0.25) is 23.6 Å². The maximum Gasteiger partial charge on any atom is 0.245 e. The van der Waals surface area contributed by atoms with Gasteiger partial charge in [-0.2, -0.15) is 0 Å². The van der Waals surface area contributed by atoms with E-state index in [4.69, 9.17) is 15.2 Å². The second kappa shape index (κ2) is 22.3. The molecule has 10 atom stereocenters. The Labute approximate surface area is 313 Å². The number of nitrogens with one attached hydrogen (secondary N) is 2. The van der Waals surface area contributed by atoms with E-state index in [1.54, 1.807) is 37.1 Å². The van der Waals surface area contributed by atoms with E-state index < -0.39 is 59.0 Å². The summed E-state index contributed by atoms with van der Waals surface area (Å²) in [4.78, 5) is 57.9. The Morgan fingerprint density at radius 2 is 1.71 bits per heavy atom. The normalized spacial score (nSPS) is 19.8. The SMILES string of the molecule is CC[C@H](C)[C@@H]([C@@H](CC(=O)N1CCC[C@H]1[C@H](OC)[C@@H](C)C(=O)N[C@H](CO)Cc1ccccc1)OC)N(C)C(=O)[C@@H](NC(=O)[C@@H](N)CCS(C)=O)C(C)C. The highest BCUT2D eigenvalue weighted by molar-refractivity contribution is 7.84. The zero-order valence-electron chi connectivity index (χ0n) is 32.7. The number of methoxy groups -OCH3 is 2. The predicted molar refractivity (Wildman–Crippen MR) is 204 cm³/mol. The van der Waals surface area contributed by atoms with Gasteiger partial charge in [-0.05, 0) is 43.1 Å². The quantitative estimate of drug-likeness (QED) is 0.138. The highest BCUT2D eigenvalue weighted by Gasteiger charge is 2.43. The smallest absolute Gasteiger partial charge is 0.245 e. The van der Waals surface area contributed by atoms with Gasteiger partial charge in [-0.3, -0.25) is 23.4 Å². The third kappa shape index (κ3) is 12.9. The molecule has 5 N–H and O–H groups in total. The average molecular weight is 752 g/mol. The molecule has 1 fully saturated rings. The molecule has 1 unspecified atom stereocenters. The molecule has 1 aromatic rings. The van der Waals surface area contributed by atoms with Gasteiger partial charge in [-0.25, -0.2) is 0 Å². The minimum Gasteiger partial charge on any atom is -0.394 e. The molecular weight excluding hydrogens is 687 g/mol. The molecule has 0 saturated carbocycles. The summed E-state index contributed by atoms with van der Waals surface area (Å²) in [6.45, 7) is 9.76. The molecule has 0 aliphatic carbocycles. The third-order valence-corrected chi connectivity index (χ3v) is 11.2. The Morgan fingerprint density at radius 1 is 1.06 bits per heavy atom. The van der Waals surface area contributed by atoms with Crippen LogP contribution in [-0.4, -0.2) is 132 Å². The maximum atomic E-state index is 14.1. The number of ether oxygens (including phenoxy) is 2. The van der Waals surface area contributed by atoms with Crippen LogP contribution in [-0.2, 0) is 45.9 Å². The van der Waals surface area contributed by atoms with Gasteiger partial charge in [-0.15, -0.1) is 0 Å². The van der Waals surface area contributed by atoms with Gasteiger partial charge < -0.3 is 40.7 Å². The molecule has 2 rings (SSSR count). The lowest BCUT2D eigenvalue weighted by molar-refractivity contribution is -0.147. The fourth-order valence-corrected chi connectivity index (χ4v) is 7.70. The number of amides is 4. The number of aliphatic hydroxyl groups is 1. The summed E-state index contributed by atoms with van der Waals surface area (Å²) in [6.07, 6.45) is 3.12. The lowest BCUT2D eigenvalue weighted by Gasteiger charge is -2.41. The maximum absolute atomic E-state index is 14.1. The van der Waals surface area contributed by atoms with Crippen molar-refractivity contribution in [2.45, 2.75) is 116 Å². The van der Waals surface area contributed by atoms with Crippen molar-refractivity contribution < 1.29 is 38.0 Å². The number of hydrogen-bond acceptors (Lipinski definition) is 9. The molecule has 296 valence electrons. The van der Waals surface area contributed by atoms with E-state index in [1.165, 1.54) is 7.11 Å². The van der Waals surface area contributed by atoms with Gasteiger partial charge in [0.25, 0.3) is 0 Å².